The van der Waals surface area contributed by atoms with Gasteiger partial charge in [0, 0.05) is 19.1 Å². The molecule has 2 nitrogen and oxygen atoms in total. The lowest BCUT2D eigenvalue weighted by Crippen LogP contribution is -2.44. The van der Waals surface area contributed by atoms with Crippen molar-refractivity contribution >= 4 is 24.2 Å². The zero-order valence-electron chi connectivity index (χ0n) is 8.65. The van der Waals surface area contributed by atoms with Crippen LogP contribution in [0.2, 0.25) is 0 Å². The largest absolute Gasteiger partial charge is 0.327 e. The Morgan fingerprint density at radius 1 is 1.36 bits per heavy atom. The molecule has 0 aromatic carbocycles. The molecule has 0 amide bonds. The lowest BCUT2D eigenvalue weighted by atomic mass is 10.0. The van der Waals surface area contributed by atoms with E-state index in [1.165, 1.54) is 43.9 Å². The number of nitrogens with zero attached hydrogens (tertiary/aromatic N) is 1. The van der Waals surface area contributed by atoms with Crippen molar-refractivity contribution in [3.8, 4) is 0 Å². The van der Waals surface area contributed by atoms with Crippen molar-refractivity contribution in [1.29, 1.82) is 0 Å². The van der Waals surface area contributed by atoms with E-state index >= 15 is 0 Å². The van der Waals surface area contributed by atoms with Crippen LogP contribution in [0.1, 0.15) is 19.3 Å². The summed E-state index contributed by atoms with van der Waals surface area (Å²) in [6.07, 6.45) is 3.97. The van der Waals surface area contributed by atoms with Gasteiger partial charge in [-0.1, -0.05) is 0 Å². The molecule has 2 fully saturated rings. The third-order valence-electron chi connectivity index (χ3n) is 3.08. The summed E-state index contributed by atoms with van der Waals surface area (Å²) in [6, 6.07) is 0.447. The van der Waals surface area contributed by atoms with Gasteiger partial charge in [-0.2, -0.15) is 11.8 Å². The van der Waals surface area contributed by atoms with Gasteiger partial charge in [-0.05, 0) is 43.2 Å². The Morgan fingerprint density at radius 3 is 2.86 bits per heavy atom. The molecule has 2 rings (SSSR count). The van der Waals surface area contributed by atoms with Crippen molar-refractivity contribution in [2.24, 2.45) is 11.7 Å². The number of nitrogens with two attached hydrogens (primary N) is 1. The van der Waals surface area contributed by atoms with Crippen LogP contribution in [0.5, 0.6) is 0 Å². The maximum absolute atomic E-state index is 5.95. The summed E-state index contributed by atoms with van der Waals surface area (Å²) < 4.78 is 0. The zero-order valence-corrected chi connectivity index (χ0v) is 10.3. The molecule has 2 heterocycles. The Labute approximate surface area is 97.4 Å². The molecule has 0 saturated carbocycles. The van der Waals surface area contributed by atoms with Crippen molar-refractivity contribution in [1.82, 2.24) is 4.90 Å². The second kappa shape index (κ2) is 6.21. The van der Waals surface area contributed by atoms with E-state index in [9.17, 15) is 0 Å². The minimum atomic E-state index is 0. The van der Waals surface area contributed by atoms with E-state index in [4.69, 9.17) is 5.73 Å². The first-order valence-corrected chi connectivity index (χ1v) is 6.56. The van der Waals surface area contributed by atoms with Crippen LogP contribution in [0.3, 0.4) is 0 Å². The van der Waals surface area contributed by atoms with E-state index in [0.29, 0.717) is 6.04 Å². The quantitative estimate of drug-likeness (QED) is 0.790. The number of likely N-dealkylation sites (tertiary alicyclic amines) is 1. The minimum Gasteiger partial charge on any atom is -0.327 e. The average molecular weight is 237 g/mol. The lowest BCUT2D eigenvalue weighted by molar-refractivity contribution is 0.186. The smallest absolute Gasteiger partial charge is 0.0168 e. The van der Waals surface area contributed by atoms with Crippen molar-refractivity contribution < 1.29 is 0 Å². The summed E-state index contributed by atoms with van der Waals surface area (Å²) in [7, 11) is 0. The monoisotopic (exact) mass is 236 g/mol. The highest BCUT2D eigenvalue weighted by molar-refractivity contribution is 7.99. The van der Waals surface area contributed by atoms with Crippen LogP contribution in [0.4, 0.5) is 0 Å². The molecule has 2 unspecified atom stereocenters. The predicted octanol–water partition coefficient (Wildman–Crippen LogP) is 1.58. The fourth-order valence-corrected chi connectivity index (χ4v) is 3.62. The first kappa shape index (κ1) is 12.6. The molecule has 14 heavy (non-hydrogen) atoms. The van der Waals surface area contributed by atoms with Gasteiger partial charge in [0.15, 0.2) is 0 Å². The maximum atomic E-state index is 5.95. The van der Waals surface area contributed by atoms with Crippen LogP contribution in [-0.2, 0) is 0 Å². The van der Waals surface area contributed by atoms with Gasteiger partial charge in [0.05, 0.1) is 0 Å². The molecule has 84 valence electrons. The SMILES string of the molecule is Cl.NC1CCCN(CC2CCSC2)C1. The molecule has 0 bridgehead atoms. The lowest BCUT2D eigenvalue weighted by Gasteiger charge is -2.32. The molecule has 2 saturated heterocycles. The number of piperidine rings is 1. The second-order valence-electron chi connectivity index (χ2n) is 4.39. The van der Waals surface area contributed by atoms with Crippen molar-refractivity contribution in [2.75, 3.05) is 31.1 Å². The molecule has 4 heteroatoms. The molecule has 0 spiro atoms. The van der Waals surface area contributed by atoms with E-state index in [-0.39, 0.29) is 12.4 Å². The highest BCUT2D eigenvalue weighted by Crippen LogP contribution is 2.24. The molecule has 2 N–H and O–H groups in total. The number of hydrogen-bond donors (Lipinski definition) is 1. The summed E-state index contributed by atoms with van der Waals surface area (Å²) in [5, 5.41) is 0. The van der Waals surface area contributed by atoms with Crippen LogP contribution in [0.25, 0.3) is 0 Å². The zero-order chi connectivity index (χ0) is 9.10. The third-order valence-corrected chi connectivity index (χ3v) is 4.31. The first-order chi connectivity index (χ1) is 6.34. The van der Waals surface area contributed by atoms with E-state index < -0.39 is 0 Å². The van der Waals surface area contributed by atoms with E-state index in [2.05, 4.69) is 16.7 Å². The van der Waals surface area contributed by atoms with Crippen LogP contribution in [-0.4, -0.2) is 42.1 Å². The molecule has 2 aliphatic heterocycles. The van der Waals surface area contributed by atoms with Crippen molar-refractivity contribution in [2.45, 2.75) is 25.3 Å². The van der Waals surface area contributed by atoms with Gasteiger partial charge in [0.25, 0.3) is 0 Å². The van der Waals surface area contributed by atoms with Crippen LogP contribution >= 0.6 is 24.2 Å². The van der Waals surface area contributed by atoms with Crippen LogP contribution in [0.15, 0.2) is 0 Å². The van der Waals surface area contributed by atoms with Gasteiger partial charge in [-0.25, -0.2) is 0 Å². The fourth-order valence-electron chi connectivity index (χ4n) is 2.35. The number of thioether (sulfide) groups is 1. The van der Waals surface area contributed by atoms with Crippen molar-refractivity contribution in [3.63, 3.8) is 0 Å². The third kappa shape index (κ3) is 3.61. The summed E-state index contributed by atoms with van der Waals surface area (Å²) in [4.78, 5) is 2.57. The Kier molecular flexibility index (Phi) is 5.60. The topological polar surface area (TPSA) is 29.3 Å². The molecule has 0 aromatic rings. The number of hydrogen-bond acceptors (Lipinski definition) is 3. The van der Waals surface area contributed by atoms with Gasteiger partial charge in [-0.15, -0.1) is 12.4 Å². The molecule has 2 atom stereocenters. The summed E-state index contributed by atoms with van der Waals surface area (Å²) in [5.41, 5.74) is 5.95. The summed E-state index contributed by atoms with van der Waals surface area (Å²) in [6.45, 7) is 3.73. The second-order valence-corrected chi connectivity index (χ2v) is 5.54. The average Bonchev–Trinajstić information content (AvgIpc) is 2.57. The Balaban J connectivity index is 0.000000980. The highest BCUT2D eigenvalue weighted by Gasteiger charge is 2.22. The standard InChI is InChI=1S/C10H20N2S.ClH/c11-10-2-1-4-12(7-10)6-9-3-5-13-8-9;/h9-10H,1-8,11H2;1H. The van der Waals surface area contributed by atoms with Gasteiger partial charge < -0.3 is 10.6 Å². The molecular formula is C10H21ClN2S. The maximum Gasteiger partial charge on any atom is 0.0168 e. The normalized spacial score (nSPS) is 34.1. The molecule has 0 radical (unpaired) electrons. The van der Waals surface area contributed by atoms with Gasteiger partial charge in [0.2, 0.25) is 0 Å². The van der Waals surface area contributed by atoms with E-state index in [1.807, 2.05) is 0 Å². The fraction of sp³-hybridized carbons (Fsp3) is 1.00. The highest BCUT2D eigenvalue weighted by atomic mass is 35.5. The van der Waals surface area contributed by atoms with Gasteiger partial charge in [0.1, 0.15) is 0 Å². The summed E-state index contributed by atoms with van der Waals surface area (Å²) in [5.74, 6) is 3.71. The van der Waals surface area contributed by atoms with Crippen LogP contribution in [0, 0.1) is 5.92 Å². The predicted molar refractivity (Wildman–Crippen MR) is 66.3 cm³/mol. The van der Waals surface area contributed by atoms with E-state index in [0.717, 1.165) is 12.5 Å². The molecule has 2 aliphatic rings. The molecule has 0 aliphatic carbocycles. The number of halogens is 1. The van der Waals surface area contributed by atoms with Crippen LogP contribution < -0.4 is 5.73 Å². The Bertz CT molecular complexity index is 162. The van der Waals surface area contributed by atoms with Gasteiger partial charge >= 0.3 is 0 Å². The Hall–Kier alpha value is 0.560. The summed E-state index contributed by atoms with van der Waals surface area (Å²) >= 11 is 2.11. The van der Waals surface area contributed by atoms with Gasteiger partial charge in [-0.3, -0.25) is 0 Å². The first-order valence-electron chi connectivity index (χ1n) is 5.40. The molecule has 0 aromatic heterocycles. The minimum absolute atomic E-state index is 0. The number of rotatable bonds is 2. The Morgan fingerprint density at radius 2 is 2.21 bits per heavy atom. The molecular weight excluding hydrogens is 216 g/mol. The van der Waals surface area contributed by atoms with E-state index in [1.54, 1.807) is 0 Å². The van der Waals surface area contributed by atoms with Crippen molar-refractivity contribution in [3.05, 3.63) is 0 Å².